The normalized spacial score (nSPS) is 12.0. The molecule has 1 atom stereocenters. The molecule has 0 spiro atoms. The van der Waals surface area contributed by atoms with E-state index in [1.807, 2.05) is 44.2 Å². The number of hydrogen-bond acceptors (Lipinski definition) is 3. The summed E-state index contributed by atoms with van der Waals surface area (Å²) in [6.07, 6.45) is 0. The second kappa shape index (κ2) is 9.25. The zero-order valence-electron chi connectivity index (χ0n) is 18.0. The van der Waals surface area contributed by atoms with E-state index in [0.717, 1.165) is 15.7 Å². The van der Waals surface area contributed by atoms with Gasteiger partial charge in [-0.3, -0.25) is 14.2 Å². The molecule has 1 unspecified atom stereocenters. The Bertz CT molecular complexity index is 1480. The second-order valence-corrected chi connectivity index (χ2v) is 8.65. The highest BCUT2D eigenvalue weighted by Crippen LogP contribution is 2.20. The van der Waals surface area contributed by atoms with Crippen LogP contribution in [0.4, 0.5) is 0 Å². The molecule has 0 fully saturated rings. The summed E-state index contributed by atoms with van der Waals surface area (Å²) in [4.78, 5) is 39.6. The highest BCUT2D eigenvalue weighted by Gasteiger charge is 2.18. The maximum atomic E-state index is 13.5. The SMILES string of the molecule is Cc1ccc(-n2c(=O)c3ccc(Cl)cc3n(CC(=O)NC(C)c3ccccc3)c2=O)cc1Cl. The number of aryl methyl sites for hydroxylation is 1. The molecule has 6 nitrogen and oxygen atoms in total. The molecular weight excluding hydrogens is 461 g/mol. The fourth-order valence-electron chi connectivity index (χ4n) is 3.70. The molecule has 1 N–H and O–H groups in total. The Kier molecular flexibility index (Phi) is 6.40. The molecule has 1 amide bonds. The Morgan fingerprint density at radius 1 is 1.00 bits per heavy atom. The van der Waals surface area contributed by atoms with Crippen molar-refractivity contribution in [3.05, 3.63) is 109 Å². The van der Waals surface area contributed by atoms with Gasteiger partial charge in [0, 0.05) is 10.0 Å². The highest BCUT2D eigenvalue weighted by atomic mass is 35.5. The van der Waals surface area contributed by atoms with Gasteiger partial charge in [0.15, 0.2) is 0 Å². The van der Waals surface area contributed by atoms with Crippen molar-refractivity contribution in [2.24, 2.45) is 0 Å². The summed E-state index contributed by atoms with van der Waals surface area (Å²) in [6, 6.07) is 18.8. The van der Waals surface area contributed by atoms with Crippen LogP contribution in [0.25, 0.3) is 16.6 Å². The van der Waals surface area contributed by atoms with Gasteiger partial charge in [-0.15, -0.1) is 0 Å². The predicted molar refractivity (Wildman–Crippen MR) is 132 cm³/mol. The Morgan fingerprint density at radius 2 is 1.73 bits per heavy atom. The molecule has 0 aliphatic carbocycles. The van der Waals surface area contributed by atoms with Crippen molar-refractivity contribution in [1.29, 1.82) is 0 Å². The van der Waals surface area contributed by atoms with E-state index in [9.17, 15) is 14.4 Å². The quantitative estimate of drug-likeness (QED) is 0.450. The molecule has 0 aliphatic rings. The lowest BCUT2D eigenvalue weighted by Gasteiger charge is -2.17. The van der Waals surface area contributed by atoms with Crippen molar-refractivity contribution in [3.8, 4) is 5.69 Å². The van der Waals surface area contributed by atoms with E-state index < -0.39 is 11.2 Å². The molecule has 3 aromatic carbocycles. The molecule has 0 saturated heterocycles. The number of fused-ring (bicyclic) bond motifs is 1. The lowest BCUT2D eigenvalue weighted by atomic mass is 10.1. The van der Waals surface area contributed by atoms with E-state index in [4.69, 9.17) is 23.2 Å². The predicted octanol–water partition coefficient (Wildman–Crippen LogP) is 4.65. The third kappa shape index (κ3) is 4.58. The van der Waals surface area contributed by atoms with Gasteiger partial charge in [0.05, 0.1) is 22.6 Å². The van der Waals surface area contributed by atoms with Crippen LogP contribution in [0.5, 0.6) is 0 Å². The van der Waals surface area contributed by atoms with Crippen LogP contribution in [0, 0.1) is 6.92 Å². The van der Waals surface area contributed by atoms with Crippen molar-refractivity contribution in [2.45, 2.75) is 26.4 Å². The number of aromatic nitrogens is 2. The Labute approximate surface area is 200 Å². The zero-order valence-corrected chi connectivity index (χ0v) is 19.5. The molecule has 33 heavy (non-hydrogen) atoms. The van der Waals surface area contributed by atoms with Gasteiger partial charge in [-0.25, -0.2) is 9.36 Å². The van der Waals surface area contributed by atoms with E-state index in [2.05, 4.69) is 5.32 Å². The van der Waals surface area contributed by atoms with Crippen LogP contribution in [0.2, 0.25) is 10.0 Å². The number of nitrogens with zero attached hydrogens (tertiary/aromatic N) is 2. The van der Waals surface area contributed by atoms with Crippen LogP contribution in [-0.2, 0) is 11.3 Å². The molecule has 1 heterocycles. The zero-order chi connectivity index (χ0) is 23.7. The number of nitrogens with one attached hydrogen (secondary N) is 1. The number of benzene rings is 3. The Morgan fingerprint density at radius 3 is 2.42 bits per heavy atom. The van der Waals surface area contributed by atoms with E-state index in [0.29, 0.717) is 15.7 Å². The number of rotatable bonds is 5. The summed E-state index contributed by atoms with van der Waals surface area (Å²) < 4.78 is 2.28. The molecule has 8 heteroatoms. The summed E-state index contributed by atoms with van der Waals surface area (Å²) in [5.74, 6) is -0.373. The maximum Gasteiger partial charge on any atom is 0.336 e. The van der Waals surface area contributed by atoms with Gasteiger partial charge in [-0.05, 0) is 55.3 Å². The van der Waals surface area contributed by atoms with Gasteiger partial charge in [0.1, 0.15) is 6.54 Å². The van der Waals surface area contributed by atoms with Crippen molar-refractivity contribution in [3.63, 3.8) is 0 Å². The smallest absolute Gasteiger partial charge is 0.336 e. The average molecular weight is 482 g/mol. The van der Waals surface area contributed by atoms with Crippen LogP contribution < -0.4 is 16.6 Å². The third-order valence-corrected chi connectivity index (χ3v) is 6.14. The average Bonchev–Trinajstić information content (AvgIpc) is 2.79. The number of amides is 1. The first kappa shape index (κ1) is 22.8. The van der Waals surface area contributed by atoms with Crippen LogP contribution in [0.3, 0.4) is 0 Å². The molecule has 1 aromatic heterocycles. The molecule has 168 valence electrons. The number of carbonyl (C=O) groups is 1. The second-order valence-electron chi connectivity index (χ2n) is 7.80. The molecule has 4 aromatic rings. The molecule has 0 bridgehead atoms. The summed E-state index contributed by atoms with van der Waals surface area (Å²) in [6.45, 7) is 3.40. The maximum absolute atomic E-state index is 13.5. The Hall–Kier alpha value is -3.35. The van der Waals surface area contributed by atoms with Crippen molar-refractivity contribution < 1.29 is 4.79 Å². The summed E-state index contributed by atoms with van der Waals surface area (Å²) in [5, 5.41) is 3.94. The first-order valence-corrected chi connectivity index (χ1v) is 11.1. The minimum Gasteiger partial charge on any atom is -0.348 e. The topological polar surface area (TPSA) is 73.1 Å². The lowest BCUT2D eigenvalue weighted by Crippen LogP contribution is -2.42. The van der Waals surface area contributed by atoms with Crippen LogP contribution in [0.1, 0.15) is 24.1 Å². The van der Waals surface area contributed by atoms with Crippen molar-refractivity contribution in [1.82, 2.24) is 14.5 Å². The van der Waals surface area contributed by atoms with E-state index in [1.54, 1.807) is 30.3 Å². The van der Waals surface area contributed by atoms with E-state index in [-0.39, 0.29) is 29.4 Å². The van der Waals surface area contributed by atoms with Crippen LogP contribution >= 0.6 is 23.2 Å². The third-order valence-electron chi connectivity index (χ3n) is 5.50. The Balaban J connectivity index is 1.82. The molecule has 0 aliphatic heterocycles. The van der Waals surface area contributed by atoms with Gasteiger partial charge in [-0.1, -0.05) is 59.6 Å². The highest BCUT2D eigenvalue weighted by molar-refractivity contribution is 6.31. The monoisotopic (exact) mass is 481 g/mol. The van der Waals surface area contributed by atoms with Gasteiger partial charge >= 0.3 is 5.69 Å². The fourth-order valence-corrected chi connectivity index (χ4v) is 4.04. The molecule has 4 rings (SSSR count). The molecule has 0 saturated carbocycles. The minimum absolute atomic E-state index is 0.258. The van der Waals surface area contributed by atoms with E-state index in [1.165, 1.54) is 10.6 Å². The van der Waals surface area contributed by atoms with Crippen LogP contribution in [-0.4, -0.2) is 15.0 Å². The summed E-state index contributed by atoms with van der Waals surface area (Å²) in [7, 11) is 0. The summed E-state index contributed by atoms with van der Waals surface area (Å²) in [5.41, 5.74) is 1.19. The van der Waals surface area contributed by atoms with Crippen molar-refractivity contribution >= 4 is 40.0 Å². The summed E-state index contributed by atoms with van der Waals surface area (Å²) >= 11 is 12.4. The lowest BCUT2D eigenvalue weighted by molar-refractivity contribution is -0.122. The van der Waals surface area contributed by atoms with Gasteiger partial charge < -0.3 is 5.32 Å². The van der Waals surface area contributed by atoms with Crippen molar-refractivity contribution in [2.75, 3.05) is 0 Å². The minimum atomic E-state index is -0.655. The van der Waals surface area contributed by atoms with Gasteiger partial charge in [0.2, 0.25) is 5.91 Å². The van der Waals surface area contributed by atoms with Gasteiger partial charge in [0.25, 0.3) is 5.56 Å². The largest absolute Gasteiger partial charge is 0.348 e. The van der Waals surface area contributed by atoms with Crippen LogP contribution in [0.15, 0.2) is 76.3 Å². The van der Waals surface area contributed by atoms with E-state index >= 15 is 0 Å². The fraction of sp³-hybridized carbons (Fsp3) is 0.160. The first-order chi connectivity index (χ1) is 15.8. The molecule has 0 radical (unpaired) electrons. The standard InChI is InChI=1S/C25H21Cl2N3O3/c1-15-8-10-19(13-21(15)27)30-24(32)20-11-9-18(26)12-22(20)29(25(30)33)14-23(31)28-16(2)17-6-4-3-5-7-17/h3-13,16H,14H2,1-2H3,(H,28,31). The number of halogens is 2. The molecular formula is C25H21Cl2N3O3. The first-order valence-electron chi connectivity index (χ1n) is 10.3. The van der Waals surface area contributed by atoms with Gasteiger partial charge in [-0.2, -0.15) is 0 Å². The number of carbonyl (C=O) groups excluding carboxylic acids is 1. The number of hydrogen-bond donors (Lipinski definition) is 1.